The Morgan fingerprint density at radius 2 is 0.623 bits per heavy atom. The predicted octanol–water partition coefficient (Wildman–Crippen LogP) is 17.3. The molecule has 0 bridgehead atoms. The highest BCUT2D eigenvalue weighted by atomic mass is 15.1. The molecule has 12 aromatic carbocycles. The van der Waals surface area contributed by atoms with Gasteiger partial charge in [0.15, 0.2) is 0 Å². The van der Waals surface area contributed by atoms with Crippen LogP contribution in [0.2, 0.25) is 0 Å². The van der Waals surface area contributed by atoms with Gasteiger partial charge < -0.3 is 4.90 Å². The number of hydrogen-bond acceptors (Lipinski definition) is 1. The molecule has 0 saturated carbocycles. The topological polar surface area (TPSA) is 3.24 Å². The number of rotatable bonds is 5. The van der Waals surface area contributed by atoms with Crippen LogP contribution < -0.4 is 4.90 Å². The number of hydrogen-bond donors (Lipinski definition) is 0. The van der Waals surface area contributed by atoms with E-state index in [2.05, 4.69) is 266 Å². The minimum absolute atomic E-state index is 0.427. The predicted molar refractivity (Wildman–Crippen MR) is 287 cm³/mol. The van der Waals surface area contributed by atoms with Crippen LogP contribution in [0.15, 0.2) is 261 Å². The summed E-state index contributed by atoms with van der Waals surface area (Å²) in [6, 6.07) is 98.1. The molecule has 320 valence electrons. The fraction of sp³-hybridized carbons (Fsp3) is 0.0294. The smallest absolute Gasteiger partial charge is 0.0725 e. The van der Waals surface area contributed by atoms with Gasteiger partial charge in [-0.2, -0.15) is 0 Å². The van der Waals surface area contributed by atoms with E-state index in [0.717, 1.165) is 17.1 Å². The highest BCUT2D eigenvalue weighted by Gasteiger charge is 2.52. The van der Waals surface area contributed by atoms with Crippen LogP contribution in [0.25, 0.3) is 65.7 Å². The fourth-order valence-electron chi connectivity index (χ4n) is 13.3. The highest BCUT2D eigenvalue weighted by molar-refractivity contribution is 6.26. The number of fused-ring (bicyclic) bond motifs is 19. The minimum Gasteiger partial charge on any atom is -0.310 e. The summed E-state index contributed by atoms with van der Waals surface area (Å²) in [7, 11) is 0. The van der Waals surface area contributed by atoms with Crippen molar-refractivity contribution in [2.75, 3.05) is 4.90 Å². The quantitative estimate of drug-likeness (QED) is 0.156. The lowest BCUT2D eigenvalue weighted by Gasteiger charge is -2.34. The third kappa shape index (κ3) is 4.98. The van der Waals surface area contributed by atoms with E-state index in [4.69, 9.17) is 0 Å². The largest absolute Gasteiger partial charge is 0.310 e. The molecule has 3 aliphatic carbocycles. The van der Waals surface area contributed by atoms with Crippen LogP contribution in [0.5, 0.6) is 0 Å². The summed E-state index contributed by atoms with van der Waals surface area (Å²) in [6.07, 6.45) is 0. The summed E-state index contributed by atoms with van der Waals surface area (Å²) in [6.45, 7) is 0. The van der Waals surface area contributed by atoms with Crippen LogP contribution in [-0.4, -0.2) is 0 Å². The maximum absolute atomic E-state index is 2.56. The molecule has 0 aromatic heterocycles. The number of nitrogens with zero attached hydrogens (tertiary/aromatic N) is 1. The normalized spacial score (nSPS) is 14.0. The molecule has 1 spiro atoms. The number of benzene rings is 12. The summed E-state index contributed by atoms with van der Waals surface area (Å²) in [5.41, 5.74) is 20.6. The molecule has 0 amide bonds. The van der Waals surface area contributed by atoms with Gasteiger partial charge in [-0.3, -0.25) is 0 Å². The van der Waals surface area contributed by atoms with Gasteiger partial charge in [0.1, 0.15) is 0 Å². The zero-order valence-electron chi connectivity index (χ0n) is 37.8. The summed E-state index contributed by atoms with van der Waals surface area (Å²) in [5, 5.41) is 7.57. The Morgan fingerprint density at radius 1 is 0.232 bits per heavy atom. The maximum Gasteiger partial charge on any atom is 0.0725 e. The maximum atomic E-state index is 2.56. The molecule has 1 heteroatoms. The van der Waals surface area contributed by atoms with Crippen molar-refractivity contribution in [2.45, 2.75) is 10.8 Å². The Bertz CT molecular complexity index is 3970. The van der Waals surface area contributed by atoms with Crippen LogP contribution in [0.4, 0.5) is 17.1 Å². The summed E-state index contributed by atoms with van der Waals surface area (Å²) >= 11 is 0. The number of anilines is 3. The molecule has 3 aliphatic rings. The van der Waals surface area contributed by atoms with E-state index in [9.17, 15) is 0 Å². The van der Waals surface area contributed by atoms with Crippen LogP contribution >= 0.6 is 0 Å². The second kappa shape index (κ2) is 14.4. The molecule has 1 nitrogen and oxygen atoms in total. The van der Waals surface area contributed by atoms with Crippen molar-refractivity contribution in [3.8, 4) is 33.4 Å². The third-order valence-corrected chi connectivity index (χ3v) is 15.9. The zero-order chi connectivity index (χ0) is 45.3. The van der Waals surface area contributed by atoms with Crippen LogP contribution in [0, 0.1) is 0 Å². The van der Waals surface area contributed by atoms with Gasteiger partial charge in [-0.15, -0.1) is 0 Å². The van der Waals surface area contributed by atoms with Gasteiger partial charge in [0.2, 0.25) is 0 Å². The van der Waals surface area contributed by atoms with Gasteiger partial charge in [-0.25, -0.2) is 0 Å². The van der Waals surface area contributed by atoms with E-state index < -0.39 is 10.8 Å². The molecule has 0 unspecified atom stereocenters. The van der Waals surface area contributed by atoms with Crippen molar-refractivity contribution in [3.05, 3.63) is 305 Å². The van der Waals surface area contributed by atoms with E-state index in [1.807, 2.05) is 0 Å². The van der Waals surface area contributed by atoms with Gasteiger partial charge in [-0.05, 0) is 135 Å². The lowest BCUT2D eigenvalue weighted by Crippen LogP contribution is -2.28. The van der Waals surface area contributed by atoms with Gasteiger partial charge >= 0.3 is 0 Å². The Balaban J connectivity index is 1.05. The first-order chi connectivity index (χ1) is 34.3. The lowest BCUT2D eigenvalue weighted by molar-refractivity contribution is 0.768. The Hall–Kier alpha value is -8.78. The van der Waals surface area contributed by atoms with Crippen molar-refractivity contribution in [2.24, 2.45) is 0 Å². The molecule has 0 aliphatic heterocycles. The molecule has 15 rings (SSSR count). The first-order valence-corrected chi connectivity index (χ1v) is 24.2. The molecule has 0 atom stereocenters. The fourth-order valence-corrected chi connectivity index (χ4v) is 13.3. The average Bonchev–Trinajstić information content (AvgIpc) is 4.02. The van der Waals surface area contributed by atoms with E-state index >= 15 is 0 Å². The second-order valence-corrected chi connectivity index (χ2v) is 19.0. The molecule has 0 saturated heterocycles. The second-order valence-electron chi connectivity index (χ2n) is 19.0. The van der Waals surface area contributed by atoms with Gasteiger partial charge in [-0.1, -0.05) is 231 Å². The van der Waals surface area contributed by atoms with Gasteiger partial charge in [0.25, 0.3) is 0 Å². The van der Waals surface area contributed by atoms with Crippen molar-refractivity contribution >= 4 is 49.4 Å². The van der Waals surface area contributed by atoms with E-state index in [-0.39, 0.29) is 0 Å². The van der Waals surface area contributed by atoms with Crippen LogP contribution in [0.3, 0.4) is 0 Å². The summed E-state index contributed by atoms with van der Waals surface area (Å²) < 4.78 is 0. The minimum atomic E-state index is -0.541. The first kappa shape index (κ1) is 38.3. The molecule has 0 radical (unpaired) electrons. The molecular weight excluding hydrogens is 831 g/mol. The van der Waals surface area contributed by atoms with Crippen molar-refractivity contribution in [3.63, 3.8) is 0 Å². The third-order valence-electron chi connectivity index (χ3n) is 15.9. The molecule has 0 heterocycles. The molecule has 0 N–H and O–H groups in total. The molecule has 12 aromatic rings. The van der Waals surface area contributed by atoms with Crippen LogP contribution in [-0.2, 0) is 10.8 Å². The standard InChI is InChI=1S/C68H43N/c1-3-20-44(21-4-1)67(45-22-5-2-6-23-45)62-35-18-14-31-56(62)66-64(67)36-19-37-65(66)69(46-38-40-52-50-26-8-7-24-48(50)49-25-9-10-27-51(49)57(52)42-46)47-39-41-63-58(43-47)55-30-13-17-34-61(55)68(63)59-32-15-11-28-53(59)54-29-12-16-33-60(54)68/h1-43H. The first-order valence-electron chi connectivity index (χ1n) is 24.2. The SMILES string of the molecule is c1ccc(C2(c3ccccc3)c3ccccc3-c3c(N(c4ccc5c(c4)-c4ccccc4C54c5ccccc5-c5ccccc54)c4ccc5c6ccccc6c6ccccc6c5c4)cccc32)cc1. The Kier molecular flexibility index (Phi) is 7.98. The van der Waals surface area contributed by atoms with E-state index in [1.165, 1.54) is 110 Å². The average molecular weight is 874 g/mol. The van der Waals surface area contributed by atoms with Crippen molar-refractivity contribution < 1.29 is 0 Å². The Morgan fingerprint density at radius 3 is 1.19 bits per heavy atom. The molecular formula is C68H43N. The van der Waals surface area contributed by atoms with Crippen molar-refractivity contribution in [1.29, 1.82) is 0 Å². The Labute approximate surface area is 401 Å². The monoisotopic (exact) mass is 873 g/mol. The van der Waals surface area contributed by atoms with E-state index in [1.54, 1.807) is 0 Å². The van der Waals surface area contributed by atoms with Gasteiger partial charge in [0, 0.05) is 16.9 Å². The van der Waals surface area contributed by atoms with Crippen LogP contribution in [0.1, 0.15) is 44.5 Å². The molecule has 0 fully saturated rings. The lowest BCUT2D eigenvalue weighted by atomic mass is 9.68. The summed E-state index contributed by atoms with van der Waals surface area (Å²) in [4.78, 5) is 2.56. The van der Waals surface area contributed by atoms with E-state index in [0.29, 0.717) is 0 Å². The zero-order valence-corrected chi connectivity index (χ0v) is 37.8. The molecule has 69 heavy (non-hydrogen) atoms. The van der Waals surface area contributed by atoms with Gasteiger partial charge in [0.05, 0.1) is 16.5 Å². The van der Waals surface area contributed by atoms with Crippen molar-refractivity contribution in [1.82, 2.24) is 0 Å². The summed E-state index contributed by atoms with van der Waals surface area (Å²) in [5.74, 6) is 0. The highest BCUT2D eigenvalue weighted by Crippen LogP contribution is 2.64.